The largest absolute Gasteiger partial charge is 0.378 e. The van der Waals surface area contributed by atoms with Crippen LogP contribution in [0.1, 0.15) is 61.3 Å². The minimum atomic E-state index is -0.0442. The summed E-state index contributed by atoms with van der Waals surface area (Å²) >= 11 is 6.55. The Morgan fingerprint density at radius 3 is 2.79 bits per heavy atom. The molecule has 2 aliphatic heterocycles. The summed E-state index contributed by atoms with van der Waals surface area (Å²) in [7, 11) is 0. The molecule has 0 spiro atoms. The van der Waals surface area contributed by atoms with Gasteiger partial charge in [-0.25, -0.2) is 5.43 Å². The molecular formula is C27H31ClN4O. The molecule has 2 N–H and O–H groups in total. The van der Waals surface area contributed by atoms with Crippen LogP contribution in [-0.4, -0.2) is 36.2 Å². The fourth-order valence-electron chi connectivity index (χ4n) is 5.42. The summed E-state index contributed by atoms with van der Waals surface area (Å²) in [5.41, 5.74) is 8.17. The topological polar surface area (TPSA) is 56.7 Å². The highest BCUT2D eigenvalue weighted by atomic mass is 35.5. The number of hydrogen-bond acceptors (Lipinski definition) is 4. The van der Waals surface area contributed by atoms with E-state index < -0.39 is 0 Å². The second kappa shape index (κ2) is 9.70. The van der Waals surface area contributed by atoms with Crippen molar-refractivity contribution in [1.29, 1.82) is 0 Å². The van der Waals surface area contributed by atoms with Crippen molar-refractivity contribution in [3.8, 4) is 0 Å². The maximum absolute atomic E-state index is 12.3. The van der Waals surface area contributed by atoms with Crippen LogP contribution in [0.15, 0.2) is 59.7 Å². The smallest absolute Gasteiger partial charge is 0.254 e. The minimum Gasteiger partial charge on any atom is -0.378 e. The number of piperidine rings is 1. The molecule has 5 rings (SSSR count). The molecule has 172 valence electrons. The number of carbonyl (C=O) groups excluding carboxylic acids is 1. The standard InChI is InChI=1S/C27H31ClN4O/c1-18(30-31-26(33)17-32-14-5-2-6-15-32)19-12-13-25-23(16-19)20-9-7-10-21(20)27(29-25)22-8-3-4-11-24(22)28/h3-4,7-9,11-13,16,20-21,27,29H,2,5-6,10,14-15,17H2,1H3,(H,31,33)/b30-18-/t20-,21+,27-/m1/s1. The number of nitrogens with zero attached hydrogens (tertiary/aromatic N) is 2. The first-order valence-electron chi connectivity index (χ1n) is 12.0. The normalized spacial score (nSPS) is 24.7. The average molecular weight is 463 g/mol. The van der Waals surface area contributed by atoms with Crippen molar-refractivity contribution in [3.63, 3.8) is 0 Å². The molecule has 3 aliphatic rings. The molecule has 0 aromatic heterocycles. The summed E-state index contributed by atoms with van der Waals surface area (Å²) in [4.78, 5) is 14.5. The van der Waals surface area contributed by atoms with Crippen LogP contribution < -0.4 is 10.7 Å². The highest BCUT2D eigenvalue weighted by Crippen LogP contribution is 2.50. The number of nitrogens with one attached hydrogen (secondary N) is 2. The van der Waals surface area contributed by atoms with Gasteiger partial charge in [-0.15, -0.1) is 0 Å². The number of anilines is 1. The lowest BCUT2D eigenvalue weighted by atomic mass is 9.76. The molecule has 1 amide bonds. The molecule has 2 heterocycles. The van der Waals surface area contributed by atoms with Crippen molar-refractivity contribution in [1.82, 2.24) is 10.3 Å². The van der Waals surface area contributed by atoms with Crippen LogP contribution in [0.4, 0.5) is 5.69 Å². The van der Waals surface area contributed by atoms with E-state index in [0.29, 0.717) is 18.4 Å². The number of carbonyl (C=O) groups is 1. The lowest BCUT2D eigenvalue weighted by Crippen LogP contribution is -2.38. The molecule has 0 unspecified atom stereocenters. The average Bonchev–Trinajstić information content (AvgIpc) is 3.33. The van der Waals surface area contributed by atoms with Gasteiger partial charge in [0.1, 0.15) is 0 Å². The van der Waals surface area contributed by atoms with Gasteiger partial charge in [-0.05, 0) is 80.1 Å². The molecule has 5 nitrogen and oxygen atoms in total. The summed E-state index contributed by atoms with van der Waals surface area (Å²) in [5.74, 6) is 0.718. The van der Waals surface area contributed by atoms with Crippen LogP contribution in [0.2, 0.25) is 5.02 Å². The fourth-order valence-corrected chi connectivity index (χ4v) is 5.67. The highest BCUT2D eigenvalue weighted by molar-refractivity contribution is 6.31. The third kappa shape index (κ3) is 4.71. The molecule has 33 heavy (non-hydrogen) atoms. The van der Waals surface area contributed by atoms with E-state index in [4.69, 9.17) is 11.6 Å². The van der Waals surface area contributed by atoms with Gasteiger partial charge in [-0.2, -0.15) is 5.10 Å². The molecule has 1 fully saturated rings. The summed E-state index contributed by atoms with van der Waals surface area (Å²) in [6.45, 7) is 4.37. The van der Waals surface area contributed by atoms with Crippen molar-refractivity contribution >= 4 is 28.9 Å². The van der Waals surface area contributed by atoms with Gasteiger partial charge >= 0.3 is 0 Å². The molecule has 1 saturated heterocycles. The van der Waals surface area contributed by atoms with Gasteiger partial charge in [-0.1, -0.05) is 54.4 Å². The van der Waals surface area contributed by atoms with Gasteiger partial charge in [0.15, 0.2) is 0 Å². The third-order valence-electron chi connectivity index (χ3n) is 7.19. The van der Waals surface area contributed by atoms with E-state index in [1.54, 1.807) is 0 Å². The number of likely N-dealkylation sites (tertiary alicyclic amines) is 1. The molecule has 2 aromatic carbocycles. The van der Waals surface area contributed by atoms with Crippen LogP contribution in [0.3, 0.4) is 0 Å². The first kappa shape index (κ1) is 22.2. The number of halogens is 1. The second-order valence-electron chi connectivity index (χ2n) is 9.37. The van der Waals surface area contributed by atoms with Gasteiger partial charge < -0.3 is 5.32 Å². The Morgan fingerprint density at radius 1 is 1.15 bits per heavy atom. The number of benzene rings is 2. The maximum atomic E-state index is 12.3. The monoisotopic (exact) mass is 462 g/mol. The van der Waals surface area contributed by atoms with Crippen molar-refractivity contribution in [2.75, 3.05) is 25.0 Å². The van der Waals surface area contributed by atoms with Gasteiger partial charge in [-0.3, -0.25) is 9.69 Å². The molecule has 3 atom stereocenters. The van der Waals surface area contributed by atoms with E-state index in [2.05, 4.69) is 63.2 Å². The first-order chi connectivity index (χ1) is 16.1. The number of amides is 1. The summed E-state index contributed by atoms with van der Waals surface area (Å²) in [6.07, 6.45) is 9.24. The zero-order chi connectivity index (χ0) is 22.8. The predicted molar refractivity (Wildman–Crippen MR) is 135 cm³/mol. The van der Waals surface area contributed by atoms with E-state index >= 15 is 0 Å². The van der Waals surface area contributed by atoms with Gasteiger partial charge in [0.05, 0.1) is 18.3 Å². The van der Waals surface area contributed by atoms with E-state index in [-0.39, 0.29) is 11.9 Å². The van der Waals surface area contributed by atoms with E-state index in [9.17, 15) is 4.79 Å². The van der Waals surface area contributed by atoms with Crippen LogP contribution >= 0.6 is 11.6 Å². The summed E-state index contributed by atoms with van der Waals surface area (Å²) in [5, 5.41) is 8.96. The summed E-state index contributed by atoms with van der Waals surface area (Å²) < 4.78 is 0. The molecule has 2 aromatic rings. The first-order valence-corrected chi connectivity index (χ1v) is 12.4. The van der Waals surface area contributed by atoms with Crippen LogP contribution in [0.5, 0.6) is 0 Å². The molecule has 6 heteroatoms. The quantitative estimate of drug-likeness (QED) is 0.351. The van der Waals surface area contributed by atoms with Gasteiger partial charge in [0.25, 0.3) is 5.91 Å². The lowest BCUT2D eigenvalue weighted by Gasteiger charge is -2.38. The maximum Gasteiger partial charge on any atom is 0.254 e. The number of rotatable bonds is 5. The van der Waals surface area contributed by atoms with E-state index in [1.807, 2.05) is 19.1 Å². The predicted octanol–water partition coefficient (Wildman–Crippen LogP) is 5.49. The number of hydrazone groups is 1. The molecule has 0 saturated carbocycles. The Labute approximate surface area is 200 Å². The van der Waals surface area contributed by atoms with Crippen molar-refractivity contribution in [2.24, 2.45) is 11.0 Å². The molecule has 0 radical (unpaired) electrons. The number of allylic oxidation sites excluding steroid dienone is 2. The number of fused-ring (bicyclic) bond motifs is 3. The zero-order valence-corrected chi connectivity index (χ0v) is 19.8. The van der Waals surface area contributed by atoms with Crippen molar-refractivity contribution in [3.05, 3.63) is 76.3 Å². The summed E-state index contributed by atoms with van der Waals surface area (Å²) in [6, 6.07) is 14.7. The Balaban J connectivity index is 1.33. The van der Waals surface area contributed by atoms with E-state index in [1.165, 1.54) is 24.8 Å². The Hall–Kier alpha value is -2.63. The molecule has 0 bridgehead atoms. The lowest BCUT2D eigenvalue weighted by molar-refractivity contribution is -0.122. The SMILES string of the molecule is C/C(=N/NC(=O)CN1CCCCC1)c1ccc2c(c1)[C@@H]1C=CC[C@@H]1[C@H](c1ccccc1Cl)N2. The van der Waals surface area contributed by atoms with Crippen molar-refractivity contribution < 1.29 is 4.79 Å². The number of hydrogen-bond donors (Lipinski definition) is 2. The third-order valence-corrected chi connectivity index (χ3v) is 7.53. The molecular weight excluding hydrogens is 432 g/mol. The molecule has 1 aliphatic carbocycles. The Kier molecular flexibility index (Phi) is 6.52. The minimum absolute atomic E-state index is 0.0442. The van der Waals surface area contributed by atoms with Gasteiger partial charge in [0, 0.05) is 16.6 Å². The second-order valence-corrected chi connectivity index (χ2v) is 9.78. The van der Waals surface area contributed by atoms with E-state index in [0.717, 1.165) is 47.1 Å². The Bertz CT molecular complexity index is 1090. The fraction of sp³-hybridized carbons (Fsp3) is 0.407. The van der Waals surface area contributed by atoms with Gasteiger partial charge in [0.2, 0.25) is 0 Å². The van der Waals surface area contributed by atoms with Crippen LogP contribution in [0, 0.1) is 5.92 Å². The van der Waals surface area contributed by atoms with Crippen LogP contribution in [-0.2, 0) is 4.79 Å². The van der Waals surface area contributed by atoms with Crippen molar-refractivity contribution in [2.45, 2.75) is 44.6 Å². The highest BCUT2D eigenvalue weighted by Gasteiger charge is 2.38. The van der Waals surface area contributed by atoms with Crippen LogP contribution in [0.25, 0.3) is 0 Å². The zero-order valence-electron chi connectivity index (χ0n) is 19.1. The Morgan fingerprint density at radius 2 is 1.97 bits per heavy atom.